The van der Waals surface area contributed by atoms with Crippen molar-refractivity contribution in [3.8, 4) is 5.88 Å². The fourth-order valence-electron chi connectivity index (χ4n) is 5.28. The highest BCUT2D eigenvalue weighted by Crippen LogP contribution is 2.30. The molecule has 2 aliphatic rings. The van der Waals surface area contributed by atoms with E-state index in [9.17, 15) is 14.3 Å². The van der Waals surface area contributed by atoms with Crippen molar-refractivity contribution in [3.63, 3.8) is 0 Å². The number of piperidine rings is 1. The molecule has 2 aliphatic heterocycles. The van der Waals surface area contributed by atoms with Crippen LogP contribution in [0.3, 0.4) is 0 Å². The van der Waals surface area contributed by atoms with Crippen LogP contribution >= 0.6 is 11.6 Å². The molecule has 0 bridgehead atoms. The molecule has 2 saturated heterocycles. The largest absolute Gasteiger partial charge is 0.478 e. The minimum Gasteiger partial charge on any atom is -0.478 e. The van der Waals surface area contributed by atoms with E-state index in [0.717, 1.165) is 61.5 Å². The van der Waals surface area contributed by atoms with Gasteiger partial charge in [0.05, 0.1) is 40.8 Å². The molecule has 4 aromatic rings. The van der Waals surface area contributed by atoms with Crippen molar-refractivity contribution in [3.05, 3.63) is 82.3 Å². The number of likely N-dealkylation sites (tertiary alicyclic amines) is 1. The molecule has 6 rings (SSSR count). The Morgan fingerprint density at radius 3 is 2.70 bits per heavy atom. The number of carbonyl (C=O) groups is 1. The normalized spacial score (nSPS) is 18.1. The molecular formula is C29H29ClFN5O4. The van der Waals surface area contributed by atoms with Crippen molar-refractivity contribution >= 4 is 28.6 Å². The Hall–Kier alpha value is -3.60. The van der Waals surface area contributed by atoms with Gasteiger partial charge in [-0.1, -0.05) is 17.7 Å². The van der Waals surface area contributed by atoms with Crippen LogP contribution in [-0.4, -0.2) is 61.3 Å². The van der Waals surface area contributed by atoms with Crippen LogP contribution in [0.4, 0.5) is 4.39 Å². The lowest BCUT2D eigenvalue weighted by molar-refractivity contribution is -0.0592. The third-order valence-corrected chi connectivity index (χ3v) is 7.82. The predicted molar refractivity (Wildman–Crippen MR) is 146 cm³/mol. The van der Waals surface area contributed by atoms with Crippen molar-refractivity contribution < 1.29 is 23.8 Å². The van der Waals surface area contributed by atoms with E-state index in [-0.39, 0.29) is 34.9 Å². The van der Waals surface area contributed by atoms with Crippen LogP contribution in [0.2, 0.25) is 5.02 Å². The molecule has 0 spiro atoms. The number of aromatic carboxylic acids is 1. The molecule has 1 N–H and O–H groups in total. The van der Waals surface area contributed by atoms with Gasteiger partial charge in [-0.05, 0) is 62.7 Å². The van der Waals surface area contributed by atoms with Crippen LogP contribution in [-0.2, 0) is 24.4 Å². The molecule has 1 atom stereocenters. The van der Waals surface area contributed by atoms with Crippen molar-refractivity contribution in [2.24, 2.45) is 0 Å². The van der Waals surface area contributed by atoms with Crippen LogP contribution < -0.4 is 4.74 Å². The molecule has 1 aromatic carbocycles. The minimum absolute atomic E-state index is 0.0290. The van der Waals surface area contributed by atoms with Gasteiger partial charge in [-0.3, -0.25) is 9.88 Å². The van der Waals surface area contributed by atoms with E-state index in [4.69, 9.17) is 26.1 Å². The predicted octanol–water partition coefficient (Wildman–Crippen LogP) is 5.06. The van der Waals surface area contributed by atoms with Gasteiger partial charge in [-0.2, -0.15) is 0 Å². The molecule has 3 aromatic heterocycles. The number of ether oxygens (including phenoxy) is 2. The lowest BCUT2D eigenvalue weighted by Gasteiger charge is -2.32. The lowest BCUT2D eigenvalue weighted by atomic mass is 9.93. The number of aromatic nitrogens is 4. The summed E-state index contributed by atoms with van der Waals surface area (Å²) in [5.41, 5.74) is 3.01. The van der Waals surface area contributed by atoms with Gasteiger partial charge in [-0.15, -0.1) is 0 Å². The summed E-state index contributed by atoms with van der Waals surface area (Å²) in [5.74, 6) is 0.180. The van der Waals surface area contributed by atoms with Gasteiger partial charge in [0.1, 0.15) is 23.9 Å². The summed E-state index contributed by atoms with van der Waals surface area (Å²) in [5, 5.41) is 9.72. The summed E-state index contributed by atoms with van der Waals surface area (Å²) >= 11 is 5.78. The number of hydrogen-bond donors (Lipinski definition) is 1. The fourth-order valence-corrected chi connectivity index (χ4v) is 5.42. The number of carboxylic acid groups (broad SMARTS) is 1. The molecule has 0 amide bonds. The first kappa shape index (κ1) is 26.6. The highest BCUT2D eigenvalue weighted by Gasteiger charge is 2.26. The molecule has 11 heteroatoms. The Bertz CT molecular complexity index is 1530. The second-order valence-corrected chi connectivity index (χ2v) is 10.7. The van der Waals surface area contributed by atoms with Crippen molar-refractivity contribution in [1.82, 2.24) is 24.4 Å². The van der Waals surface area contributed by atoms with Gasteiger partial charge in [0.2, 0.25) is 5.88 Å². The van der Waals surface area contributed by atoms with E-state index in [1.807, 2.05) is 12.1 Å². The Kier molecular flexibility index (Phi) is 7.64. The maximum absolute atomic E-state index is 14.0. The highest BCUT2D eigenvalue weighted by atomic mass is 35.5. The van der Waals surface area contributed by atoms with E-state index >= 15 is 0 Å². The fraction of sp³-hybridized carbons (Fsp3) is 0.379. The van der Waals surface area contributed by atoms with Crippen LogP contribution in [0.1, 0.15) is 52.8 Å². The van der Waals surface area contributed by atoms with E-state index in [1.54, 1.807) is 24.3 Å². The first-order chi connectivity index (χ1) is 19.4. The number of halogens is 2. The van der Waals surface area contributed by atoms with Gasteiger partial charge in [0.15, 0.2) is 0 Å². The molecule has 40 heavy (non-hydrogen) atoms. The highest BCUT2D eigenvalue weighted by molar-refractivity contribution is 6.30. The summed E-state index contributed by atoms with van der Waals surface area (Å²) in [6, 6.07) is 12.0. The second kappa shape index (κ2) is 11.5. The first-order valence-corrected chi connectivity index (χ1v) is 13.8. The lowest BCUT2D eigenvalue weighted by Crippen LogP contribution is -2.35. The zero-order valence-electron chi connectivity index (χ0n) is 21.8. The molecule has 2 fully saturated rings. The minimum atomic E-state index is -0.949. The average molecular weight is 566 g/mol. The van der Waals surface area contributed by atoms with Crippen molar-refractivity contribution in [2.75, 3.05) is 19.7 Å². The monoisotopic (exact) mass is 565 g/mol. The van der Waals surface area contributed by atoms with Crippen LogP contribution in [0.25, 0.3) is 11.0 Å². The maximum atomic E-state index is 14.0. The summed E-state index contributed by atoms with van der Waals surface area (Å²) < 4.78 is 27.6. The molecule has 0 saturated carbocycles. The van der Waals surface area contributed by atoms with Gasteiger partial charge < -0.3 is 19.1 Å². The maximum Gasteiger partial charge on any atom is 0.335 e. The third-order valence-electron chi connectivity index (χ3n) is 7.61. The molecule has 9 nitrogen and oxygen atoms in total. The number of rotatable bonds is 9. The average Bonchev–Trinajstić information content (AvgIpc) is 3.26. The zero-order chi connectivity index (χ0) is 27.6. The molecule has 0 radical (unpaired) electrons. The quantitative estimate of drug-likeness (QED) is 0.300. The van der Waals surface area contributed by atoms with Crippen LogP contribution in [0.15, 0.2) is 48.7 Å². The standard InChI is InChI=1S/C29H29ClFN5O4/c30-20-13-22(31)25(32-14-20)17-40-28-3-1-2-23(34-28)18-6-9-35(10-7-18)16-27-33-24-5-4-19(29(37)38)12-26(24)36(27)15-21-8-11-39-21/h1-5,12-14,18,21H,6-11,15-17H2,(H,37,38)/t21-/m0/s1. The summed E-state index contributed by atoms with van der Waals surface area (Å²) in [7, 11) is 0. The Balaban J connectivity index is 1.11. The van der Waals surface area contributed by atoms with Gasteiger partial charge in [0.25, 0.3) is 0 Å². The molecule has 208 valence electrons. The topological polar surface area (TPSA) is 103 Å². The number of fused-ring (bicyclic) bond motifs is 1. The number of carboxylic acids is 1. The number of benzene rings is 1. The van der Waals surface area contributed by atoms with Crippen molar-refractivity contribution in [2.45, 2.75) is 51.0 Å². The SMILES string of the molecule is O=C(O)c1ccc2nc(CN3CCC(c4cccc(OCc5ncc(Cl)cc5F)n4)CC3)n(C[C@@H]3CCO3)c2c1. The molecular weight excluding hydrogens is 537 g/mol. The van der Waals surface area contributed by atoms with Gasteiger partial charge >= 0.3 is 5.97 Å². The van der Waals surface area contributed by atoms with E-state index < -0.39 is 11.8 Å². The zero-order valence-corrected chi connectivity index (χ0v) is 22.6. The molecule has 0 aliphatic carbocycles. The van der Waals surface area contributed by atoms with E-state index in [1.165, 1.54) is 12.3 Å². The van der Waals surface area contributed by atoms with Crippen LogP contribution in [0, 0.1) is 5.82 Å². The Morgan fingerprint density at radius 1 is 1.15 bits per heavy atom. The van der Waals surface area contributed by atoms with Gasteiger partial charge in [0, 0.05) is 30.5 Å². The smallest absolute Gasteiger partial charge is 0.335 e. The number of pyridine rings is 2. The van der Waals surface area contributed by atoms with Crippen molar-refractivity contribution in [1.29, 1.82) is 0 Å². The van der Waals surface area contributed by atoms with Gasteiger partial charge in [-0.25, -0.2) is 19.2 Å². The molecule has 0 unspecified atom stereocenters. The molecule has 5 heterocycles. The summed E-state index contributed by atoms with van der Waals surface area (Å²) in [4.78, 5) is 27.5. The summed E-state index contributed by atoms with van der Waals surface area (Å²) in [6.45, 7) is 3.82. The first-order valence-electron chi connectivity index (χ1n) is 13.4. The number of imidazole rings is 1. The second-order valence-electron chi connectivity index (χ2n) is 10.3. The van der Waals surface area contributed by atoms with Crippen LogP contribution in [0.5, 0.6) is 5.88 Å². The number of hydrogen-bond acceptors (Lipinski definition) is 7. The Labute approximate surface area is 235 Å². The Morgan fingerprint density at radius 2 is 1.98 bits per heavy atom. The third kappa shape index (κ3) is 5.79. The summed E-state index contributed by atoms with van der Waals surface area (Å²) in [6.07, 6.45) is 4.37. The number of nitrogens with zero attached hydrogens (tertiary/aromatic N) is 5. The van der Waals surface area contributed by atoms with E-state index in [0.29, 0.717) is 19.0 Å². The van der Waals surface area contributed by atoms with E-state index in [2.05, 4.69) is 19.4 Å².